The normalized spacial score (nSPS) is 13.2. The van der Waals surface area contributed by atoms with E-state index in [0.29, 0.717) is 6.54 Å². The van der Waals surface area contributed by atoms with Gasteiger partial charge in [0.1, 0.15) is 5.82 Å². The van der Waals surface area contributed by atoms with Crippen LogP contribution in [0.5, 0.6) is 0 Å². The van der Waals surface area contributed by atoms with E-state index in [1.165, 1.54) is 16.5 Å². The third-order valence-corrected chi connectivity index (χ3v) is 5.35. The van der Waals surface area contributed by atoms with E-state index in [0.717, 1.165) is 29.9 Å². The molecule has 130 valence electrons. The highest BCUT2D eigenvalue weighted by molar-refractivity contribution is 7.09. The zero-order valence-corrected chi connectivity index (χ0v) is 14.9. The minimum Gasteiger partial charge on any atom is -0.322 e. The molecule has 0 N–H and O–H groups in total. The lowest BCUT2D eigenvalue weighted by Crippen LogP contribution is -2.25. The number of aromatic nitrogens is 1. The van der Waals surface area contributed by atoms with Crippen LogP contribution in [0.2, 0.25) is 0 Å². The number of hydrogen-bond donors (Lipinski definition) is 0. The van der Waals surface area contributed by atoms with E-state index in [2.05, 4.69) is 33.5 Å². The summed E-state index contributed by atoms with van der Waals surface area (Å²) in [5.41, 5.74) is 3.23. The second-order valence-electron chi connectivity index (χ2n) is 6.16. The predicted molar refractivity (Wildman–Crippen MR) is 105 cm³/mol. The Hall–Kier alpha value is -2.99. The van der Waals surface area contributed by atoms with Gasteiger partial charge >= 0.3 is 0 Å². The average Bonchev–Trinajstić information content (AvgIpc) is 3.19. The molecule has 0 saturated carbocycles. The largest absolute Gasteiger partial charge is 0.322 e. The maximum atomic E-state index is 11.1. The SMILES string of the molecule is O=[N+]([O-])c1cccc(N2CC(CCc3cccs3)=Cc3cccnc32)c1. The fourth-order valence-electron chi connectivity index (χ4n) is 3.17. The first kappa shape index (κ1) is 16.5. The highest BCUT2D eigenvalue weighted by Gasteiger charge is 2.21. The lowest BCUT2D eigenvalue weighted by atomic mass is 10.0. The summed E-state index contributed by atoms with van der Waals surface area (Å²) in [6.07, 6.45) is 5.92. The van der Waals surface area contributed by atoms with Gasteiger partial charge in [0, 0.05) is 41.0 Å². The van der Waals surface area contributed by atoms with Gasteiger partial charge in [0.05, 0.1) is 4.92 Å². The quantitative estimate of drug-likeness (QED) is 0.461. The van der Waals surface area contributed by atoms with Crippen molar-refractivity contribution in [3.05, 3.63) is 86.2 Å². The molecule has 0 atom stereocenters. The molecule has 0 saturated heterocycles. The fraction of sp³-hybridized carbons (Fsp3) is 0.150. The number of hydrogen-bond acceptors (Lipinski definition) is 5. The van der Waals surface area contributed by atoms with Crippen LogP contribution >= 0.6 is 11.3 Å². The van der Waals surface area contributed by atoms with Crippen molar-refractivity contribution >= 4 is 34.6 Å². The van der Waals surface area contributed by atoms with Gasteiger partial charge in [0.15, 0.2) is 0 Å². The van der Waals surface area contributed by atoms with Gasteiger partial charge in [-0.15, -0.1) is 11.3 Å². The Labute approximate surface area is 155 Å². The molecule has 0 fully saturated rings. The molecule has 1 aliphatic heterocycles. The Bertz CT molecular complexity index is 967. The molecule has 0 unspecified atom stereocenters. The van der Waals surface area contributed by atoms with Gasteiger partial charge in [-0.2, -0.15) is 0 Å². The van der Waals surface area contributed by atoms with Crippen LogP contribution < -0.4 is 4.90 Å². The van der Waals surface area contributed by atoms with E-state index >= 15 is 0 Å². The Balaban J connectivity index is 1.66. The zero-order valence-electron chi connectivity index (χ0n) is 14.0. The van der Waals surface area contributed by atoms with E-state index in [-0.39, 0.29) is 10.6 Å². The standard InChI is InChI=1S/C20H17N3O2S/c24-23(25)18-6-1-5-17(13-18)22-14-15(8-9-19-7-3-11-26-19)12-16-4-2-10-21-20(16)22/h1-7,10-13H,8-9,14H2. The van der Waals surface area contributed by atoms with Crippen LogP contribution in [0.1, 0.15) is 16.9 Å². The molecular weight excluding hydrogens is 346 g/mol. The summed E-state index contributed by atoms with van der Waals surface area (Å²) in [5.74, 6) is 0.841. The van der Waals surface area contributed by atoms with Crippen LogP contribution in [-0.4, -0.2) is 16.5 Å². The van der Waals surface area contributed by atoms with Crippen molar-refractivity contribution in [2.45, 2.75) is 12.8 Å². The first-order chi connectivity index (χ1) is 12.7. The summed E-state index contributed by atoms with van der Waals surface area (Å²) in [4.78, 5) is 18.7. The molecule has 26 heavy (non-hydrogen) atoms. The second kappa shape index (κ2) is 7.09. The third-order valence-electron chi connectivity index (χ3n) is 4.42. The third kappa shape index (κ3) is 3.36. The lowest BCUT2D eigenvalue weighted by Gasteiger charge is -2.30. The molecule has 0 amide bonds. The Morgan fingerprint density at radius 3 is 2.88 bits per heavy atom. The summed E-state index contributed by atoms with van der Waals surface area (Å²) < 4.78 is 0. The van der Waals surface area contributed by atoms with Crippen molar-refractivity contribution in [3.8, 4) is 0 Å². The number of aryl methyl sites for hydroxylation is 1. The van der Waals surface area contributed by atoms with Gasteiger partial charge < -0.3 is 4.90 Å². The van der Waals surface area contributed by atoms with Crippen molar-refractivity contribution in [1.29, 1.82) is 0 Å². The van der Waals surface area contributed by atoms with E-state index in [1.807, 2.05) is 18.2 Å². The number of nitrogens with zero attached hydrogens (tertiary/aromatic N) is 3. The number of nitro groups is 1. The Morgan fingerprint density at radius 2 is 2.08 bits per heavy atom. The van der Waals surface area contributed by atoms with Gasteiger partial charge in [0.2, 0.25) is 0 Å². The van der Waals surface area contributed by atoms with Crippen molar-refractivity contribution in [1.82, 2.24) is 4.98 Å². The Kier molecular flexibility index (Phi) is 4.50. The summed E-state index contributed by atoms with van der Waals surface area (Å²) >= 11 is 1.77. The van der Waals surface area contributed by atoms with E-state index < -0.39 is 0 Å². The number of anilines is 2. The molecule has 0 radical (unpaired) electrons. The maximum Gasteiger partial charge on any atom is 0.271 e. The van der Waals surface area contributed by atoms with Crippen LogP contribution in [0.15, 0.2) is 65.7 Å². The molecule has 1 aliphatic rings. The molecule has 3 aromatic rings. The lowest BCUT2D eigenvalue weighted by molar-refractivity contribution is -0.384. The smallest absolute Gasteiger partial charge is 0.271 e. The number of non-ortho nitro benzene ring substituents is 1. The van der Waals surface area contributed by atoms with Gasteiger partial charge in [-0.1, -0.05) is 18.2 Å². The first-order valence-corrected chi connectivity index (χ1v) is 9.27. The molecule has 4 rings (SSSR count). The van der Waals surface area contributed by atoms with Crippen LogP contribution in [0.4, 0.5) is 17.2 Å². The van der Waals surface area contributed by atoms with Crippen LogP contribution in [0.3, 0.4) is 0 Å². The minimum atomic E-state index is -0.361. The summed E-state index contributed by atoms with van der Waals surface area (Å²) in [6.45, 7) is 0.691. The van der Waals surface area contributed by atoms with E-state index in [4.69, 9.17) is 0 Å². The summed E-state index contributed by atoms with van der Waals surface area (Å²) in [6, 6.07) is 14.9. The van der Waals surface area contributed by atoms with Gasteiger partial charge in [0.25, 0.3) is 5.69 Å². The number of nitro benzene ring substituents is 1. The zero-order chi connectivity index (χ0) is 17.9. The number of pyridine rings is 1. The summed E-state index contributed by atoms with van der Waals surface area (Å²) in [7, 11) is 0. The second-order valence-corrected chi connectivity index (χ2v) is 7.19. The van der Waals surface area contributed by atoms with Gasteiger partial charge in [-0.3, -0.25) is 10.1 Å². The monoisotopic (exact) mass is 363 g/mol. The molecule has 6 heteroatoms. The first-order valence-electron chi connectivity index (χ1n) is 8.39. The van der Waals surface area contributed by atoms with Crippen LogP contribution in [0, 0.1) is 10.1 Å². The molecule has 0 bridgehead atoms. The number of rotatable bonds is 5. The average molecular weight is 363 g/mol. The van der Waals surface area contributed by atoms with Gasteiger partial charge in [-0.05, 0) is 48.1 Å². The highest BCUT2D eigenvalue weighted by Crippen LogP contribution is 2.35. The van der Waals surface area contributed by atoms with Crippen molar-refractivity contribution < 1.29 is 4.92 Å². The van der Waals surface area contributed by atoms with Crippen LogP contribution in [-0.2, 0) is 6.42 Å². The number of thiophene rings is 1. The summed E-state index contributed by atoms with van der Waals surface area (Å²) in [5, 5.41) is 13.2. The van der Waals surface area contributed by atoms with Crippen LogP contribution in [0.25, 0.3) is 6.08 Å². The van der Waals surface area contributed by atoms with E-state index in [9.17, 15) is 10.1 Å². The topological polar surface area (TPSA) is 59.3 Å². The molecule has 3 heterocycles. The highest BCUT2D eigenvalue weighted by atomic mass is 32.1. The minimum absolute atomic E-state index is 0.0923. The van der Waals surface area contributed by atoms with Crippen molar-refractivity contribution in [3.63, 3.8) is 0 Å². The van der Waals surface area contributed by atoms with Crippen molar-refractivity contribution in [2.75, 3.05) is 11.4 Å². The number of benzene rings is 1. The maximum absolute atomic E-state index is 11.1. The number of fused-ring (bicyclic) bond motifs is 1. The molecule has 2 aromatic heterocycles. The Morgan fingerprint density at radius 1 is 1.15 bits per heavy atom. The molecule has 0 aliphatic carbocycles. The molecule has 0 spiro atoms. The predicted octanol–water partition coefficient (Wildman–Crippen LogP) is 5.22. The van der Waals surface area contributed by atoms with E-state index in [1.54, 1.807) is 29.7 Å². The van der Waals surface area contributed by atoms with Gasteiger partial charge in [-0.25, -0.2) is 4.98 Å². The fourth-order valence-corrected chi connectivity index (χ4v) is 3.88. The molecule has 5 nitrogen and oxygen atoms in total. The molecular formula is C20H17N3O2S. The molecule has 1 aromatic carbocycles. The van der Waals surface area contributed by atoms with Crippen molar-refractivity contribution in [2.24, 2.45) is 0 Å².